The van der Waals surface area contributed by atoms with Crippen molar-refractivity contribution in [2.24, 2.45) is 0 Å². The van der Waals surface area contributed by atoms with Gasteiger partial charge in [-0.3, -0.25) is 4.79 Å². The van der Waals surface area contributed by atoms with Gasteiger partial charge in [-0.15, -0.1) is 0 Å². The normalized spacial score (nSPS) is 9.00. The van der Waals surface area contributed by atoms with Crippen molar-refractivity contribution in [3.63, 3.8) is 0 Å². The van der Waals surface area contributed by atoms with E-state index in [9.17, 15) is 9.18 Å². The van der Waals surface area contributed by atoms with Crippen molar-refractivity contribution in [1.29, 1.82) is 5.26 Å². The van der Waals surface area contributed by atoms with Gasteiger partial charge in [0, 0.05) is 3.57 Å². The highest BCUT2D eigenvalue weighted by atomic mass is 127. The van der Waals surface area contributed by atoms with Gasteiger partial charge in [0.05, 0.1) is 11.3 Å². The van der Waals surface area contributed by atoms with Crippen LogP contribution < -0.4 is 5.32 Å². The van der Waals surface area contributed by atoms with Crippen LogP contribution in [0.25, 0.3) is 0 Å². The summed E-state index contributed by atoms with van der Waals surface area (Å²) in [7, 11) is 0. The van der Waals surface area contributed by atoms with Gasteiger partial charge in [-0.1, -0.05) is 0 Å². The summed E-state index contributed by atoms with van der Waals surface area (Å²) >= 11 is 1.91. The van der Waals surface area contributed by atoms with E-state index in [0.717, 1.165) is 6.07 Å². The number of hydrogen-bond donors (Lipinski definition) is 1. The van der Waals surface area contributed by atoms with E-state index >= 15 is 0 Å². The molecular formula is C8H4FIN2O. The zero-order chi connectivity index (χ0) is 9.84. The summed E-state index contributed by atoms with van der Waals surface area (Å²) in [4.78, 5) is 10.1. The Hall–Kier alpha value is -1.16. The molecule has 1 N–H and O–H groups in total. The Morgan fingerprint density at radius 2 is 2.31 bits per heavy atom. The molecule has 1 aromatic rings. The number of halogens is 2. The minimum atomic E-state index is -0.632. The van der Waals surface area contributed by atoms with Crippen LogP contribution in [0.15, 0.2) is 12.1 Å². The summed E-state index contributed by atoms with van der Waals surface area (Å²) in [5.74, 6) is -0.632. The smallest absolute Gasteiger partial charge is 0.211 e. The Bertz CT molecular complexity index is 386. The third-order valence-electron chi connectivity index (χ3n) is 1.39. The lowest BCUT2D eigenvalue weighted by atomic mass is 10.2. The number of rotatable bonds is 2. The van der Waals surface area contributed by atoms with Crippen molar-refractivity contribution in [3.05, 3.63) is 27.1 Å². The van der Waals surface area contributed by atoms with Crippen LogP contribution in [0, 0.1) is 20.7 Å². The number of amides is 1. The molecule has 5 heteroatoms. The fraction of sp³-hybridized carbons (Fsp3) is 0. The lowest BCUT2D eigenvalue weighted by molar-refractivity contribution is -0.105. The van der Waals surface area contributed by atoms with E-state index < -0.39 is 5.82 Å². The Kier molecular flexibility index (Phi) is 3.19. The van der Waals surface area contributed by atoms with Crippen molar-refractivity contribution in [2.75, 3.05) is 5.32 Å². The molecule has 66 valence electrons. The Balaban J connectivity index is 3.21. The van der Waals surface area contributed by atoms with E-state index in [2.05, 4.69) is 5.32 Å². The number of benzene rings is 1. The second kappa shape index (κ2) is 4.18. The van der Waals surface area contributed by atoms with Gasteiger partial charge in [-0.05, 0) is 34.7 Å². The zero-order valence-corrected chi connectivity index (χ0v) is 8.50. The van der Waals surface area contributed by atoms with Crippen LogP contribution in [0.4, 0.5) is 10.1 Å². The number of nitrogens with one attached hydrogen (secondary N) is 1. The Labute approximate surface area is 87.7 Å². The summed E-state index contributed by atoms with van der Waals surface area (Å²) in [5.41, 5.74) is 0.341. The van der Waals surface area contributed by atoms with Crippen molar-refractivity contribution >= 4 is 34.7 Å². The number of anilines is 1. The van der Waals surface area contributed by atoms with Crippen LogP contribution in [-0.2, 0) is 4.79 Å². The summed E-state index contributed by atoms with van der Waals surface area (Å²) in [6.07, 6.45) is 0.461. The predicted molar refractivity (Wildman–Crippen MR) is 53.5 cm³/mol. The highest BCUT2D eigenvalue weighted by molar-refractivity contribution is 14.1. The van der Waals surface area contributed by atoms with Gasteiger partial charge >= 0.3 is 0 Å². The molecule has 0 aliphatic carbocycles. The van der Waals surface area contributed by atoms with Gasteiger partial charge in [0.1, 0.15) is 11.9 Å². The lowest BCUT2D eigenvalue weighted by Gasteiger charge is -2.02. The molecule has 0 aliphatic heterocycles. The third kappa shape index (κ3) is 2.15. The van der Waals surface area contributed by atoms with Gasteiger partial charge in [0.15, 0.2) is 0 Å². The van der Waals surface area contributed by atoms with Gasteiger partial charge in [-0.25, -0.2) is 4.39 Å². The number of nitriles is 1. The number of carbonyl (C=O) groups is 1. The van der Waals surface area contributed by atoms with E-state index in [0.29, 0.717) is 15.7 Å². The minimum Gasteiger partial charge on any atom is -0.328 e. The molecule has 0 fully saturated rings. The monoisotopic (exact) mass is 290 g/mol. The third-order valence-corrected chi connectivity index (χ3v) is 2.28. The maximum atomic E-state index is 13.0. The first-order valence-corrected chi connectivity index (χ1v) is 4.36. The van der Waals surface area contributed by atoms with Crippen molar-refractivity contribution in [2.45, 2.75) is 0 Å². The fourth-order valence-electron chi connectivity index (χ4n) is 0.807. The van der Waals surface area contributed by atoms with E-state index in [4.69, 9.17) is 5.26 Å². The quantitative estimate of drug-likeness (QED) is 0.667. The molecule has 0 aromatic heterocycles. The van der Waals surface area contributed by atoms with E-state index in [1.165, 1.54) is 6.07 Å². The first kappa shape index (κ1) is 9.92. The van der Waals surface area contributed by atoms with Crippen LogP contribution in [0.2, 0.25) is 0 Å². The maximum absolute atomic E-state index is 13.0. The second-order valence-electron chi connectivity index (χ2n) is 2.19. The van der Waals surface area contributed by atoms with E-state index in [1.807, 2.05) is 22.6 Å². The molecule has 0 heterocycles. The minimum absolute atomic E-state index is 0.0270. The largest absolute Gasteiger partial charge is 0.328 e. The zero-order valence-electron chi connectivity index (χ0n) is 6.34. The summed E-state index contributed by atoms with van der Waals surface area (Å²) in [6, 6.07) is 4.21. The van der Waals surface area contributed by atoms with E-state index in [-0.39, 0.29) is 5.56 Å². The van der Waals surface area contributed by atoms with Gasteiger partial charge in [0.2, 0.25) is 6.41 Å². The molecule has 0 aliphatic rings. The summed E-state index contributed by atoms with van der Waals surface area (Å²) in [5, 5.41) is 10.8. The van der Waals surface area contributed by atoms with Crippen LogP contribution in [-0.4, -0.2) is 6.41 Å². The number of carbonyl (C=O) groups excluding carboxylic acids is 1. The van der Waals surface area contributed by atoms with Crippen molar-refractivity contribution < 1.29 is 9.18 Å². The first-order valence-electron chi connectivity index (χ1n) is 3.28. The number of hydrogen-bond acceptors (Lipinski definition) is 2. The summed E-state index contributed by atoms with van der Waals surface area (Å²) < 4.78 is 13.6. The highest BCUT2D eigenvalue weighted by Crippen LogP contribution is 2.21. The SMILES string of the molecule is N#Cc1cc(I)c(NC=O)cc1F. The Morgan fingerprint density at radius 1 is 1.62 bits per heavy atom. The second-order valence-corrected chi connectivity index (χ2v) is 3.35. The molecule has 13 heavy (non-hydrogen) atoms. The average Bonchev–Trinajstić information content (AvgIpc) is 2.11. The molecule has 3 nitrogen and oxygen atoms in total. The number of nitrogens with zero attached hydrogens (tertiary/aromatic N) is 1. The topological polar surface area (TPSA) is 52.9 Å². The lowest BCUT2D eigenvalue weighted by Crippen LogP contribution is -1.98. The standard InChI is InChI=1S/C8H4FIN2O/c9-6-2-8(12-4-13)7(10)1-5(6)3-11/h1-2,4H,(H,12,13). The molecule has 1 amide bonds. The molecule has 1 aromatic carbocycles. The van der Waals surface area contributed by atoms with Crippen molar-refractivity contribution in [3.8, 4) is 6.07 Å². The van der Waals surface area contributed by atoms with Gasteiger partial charge in [-0.2, -0.15) is 5.26 Å². The average molecular weight is 290 g/mol. The van der Waals surface area contributed by atoms with Crippen molar-refractivity contribution in [1.82, 2.24) is 0 Å². The molecule has 0 unspecified atom stereocenters. The highest BCUT2D eigenvalue weighted by Gasteiger charge is 2.06. The van der Waals surface area contributed by atoms with Crippen LogP contribution >= 0.6 is 22.6 Å². The summed E-state index contributed by atoms with van der Waals surface area (Å²) in [6.45, 7) is 0. The molecule has 1 rings (SSSR count). The maximum Gasteiger partial charge on any atom is 0.211 e. The molecular weight excluding hydrogens is 286 g/mol. The molecule has 0 saturated carbocycles. The molecule has 0 atom stereocenters. The van der Waals surface area contributed by atoms with E-state index in [1.54, 1.807) is 6.07 Å². The molecule has 0 radical (unpaired) electrons. The van der Waals surface area contributed by atoms with Crippen LogP contribution in [0.1, 0.15) is 5.56 Å². The predicted octanol–water partition coefficient (Wildman–Crippen LogP) is 1.87. The Morgan fingerprint density at radius 3 is 2.85 bits per heavy atom. The molecule has 0 saturated heterocycles. The van der Waals surface area contributed by atoms with Gasteiger partial charge in [0.25, 0.3) is 0 Å². The van der Waals surface area contributed by atoms with Crippen LogP contribution in [0.3, 0.4) is 0 Å². The van der Waals surface area contributed by atoms with Crippen LogP contribution in [0.5, 0.6) is 0 Å². The molecule has 0 spiro atoms. The molecule has 0 bridgehead atoms. The fourth-order valence-corrected chi connectivity index (χ4v) is 1.43. The van der Waals surface area contributed by atoms with Gasteiger partial charge < -0.3 is 5.32 Å². The first-order chi connectivity index (χ1) is 6.19.